The van der Waals surface area contributed by atoms with Crippen LogP contribution in [0.1, 0.15) is 87.5 Å². The van der Waals surface area contributed by atoms with E-state index in [2.05, 4.69) is 0 Å². The molecule has 0 amide bonds. The zero-order valence-electron chi connectivity index (χ0n) is 39.7. The van der Waals surface area contributed by atoms with Gasteiger partial charge in [-0.25, -0.2) is 0 Å². The van der Waals surface area contributed by atoms with Gasteiger partial charge in [-0.3, -0.25) is 9.59 Å². The van der Waals surface area contributed by atoms with Crippen molar-refractivity contribution in [2.45, 2.75) is 191 Å². The number of carbonyl (C=O) groups excluding carboxylic acids is 3. The molecular formula is C46H77NO17. The Kier molecular flexibility index (Phi) is 20.5. The number of aliphatic hydroxyl groups is 5. The second-order valence-corrected chi connectivity index (χ2v) is 18.7. The van der Waals surface area contributed by atoms with E-state index < -0.39 is 140 Å². The lowest BCUT2D eigenvalue weighted by molar-refractivity contribution is -0.341. The third-order valence-electron chi connectivity index (χ3n) is 13.4. The van der Waals surface area contributed by atoms with Crippen LogP contribution in [0.3, 0.4) is 0 Å². The van der Waals surface area contributed by atoms with Gasteiger partial charge < -0.3 is 77.9 Å². The van der Waals surface area contributed by atoms with Crippen LogP contribution in [-0.2, 0) is 57.0 Å². The van der Waals surface area contributed by atoms with Crippen molar-refractivity contribution in [2.75, 3.05) is 34.9 Å². The Balaban J connectivity index is 1.62. The molecule has 0 spiro atoms. The number of hydrogen-bond donors (Lipinski definition) is 5. The predicted molar refractivity (Wildman–Crippen MR) is 230 cm³/mol. The smallest absolute Gasteiger partial charge is 0.308 e. The van der Waals surface area contributed by atoms with E-state index in [1.807, 2.05) is 19.9 Å². The summed E-state index contributed by atoms with van der Waals surface area (Å²) >= 11 is 0. The summed E-state index contributed by atoms with van der Waals surface area (Å²) < 4.78 is 54.7. The molecule has 0 aromatic heterocycles. The first kappa shape index (κ1) is 54.3. The van der Waals surface area contributed by atoms with E-state index in [0.29, 0.717) is 12.0 Å². The largest absolute Gasteiger partial charge is 0.462 e. The lowest BCUT2D eigenvalue weighted by Gasteiger charge is -2.50. The van der Waals surface area contributed by atoms with Crippen molar-refractivity contribution in [1.82, 2.24) is 4.90 Å². The Labute approximate surface area is 378 Å². The summed E-state index contributed by atoms with van der Waals surface area (Å²) in [6.07, 6.45) is -8.49. The number of rotatable bonds is 13. The van der Waals surface area contributed by atoms with Crippen LogP contribution in [0, 0.1) is 23.7 Å². The SMILES string of the molecule is CC[C@H]1OC(=O)C[C@@H](O)[C@H](C)[C@@H](OC2O[C@H](C)[C@@H](OC3C[C@@](C)(O)[C@@H](O)[C@H](C)O3)[C@H](N(C)C)[C@H]2O)[C@@H](CC=O)C[C@@H](C)C(=O)C=CC(C)=C[C@@H]1COC1O[C@H](C)[C@@H](O)[C@@H](OC)[C@H]1OC. The molecule has 3 saturated heterocycles. The van der Waals surface area contributed by atoms with Gasteiger partial charge in [-0.2, -0.15) is 0 Å². The van der Waals surface area contributed by atoms with Gasteiger partial charge >= 0.3 is 5.97 Å². The molecule has 4 heterocycles. The fourth-order valence-corrected chi connectivity index (χ4v) is 9.51. The maximum Gasteiger partial charge on any atom is 0.308 e. The maximum absolute atomic E-state index is 13.8. The van der Waals surface area contributed by atoms with Crippen LogP contribution in [0.4, 0.5) is 0 Å². The molecule has 64 heavy (non-hydrogen) atoms. The molecule has 0 aromatic carbocycles. The van der Waals surface area contributed by atoms with Crippen molar-refractivity contribution in [1.29, 1.82) is 0 Å². The molecule has 3 unspecified atom stereocenters. The lowest BCUT2D eigenvalue weighted by Crippen LogP contribution is -2.65. The Morgan fingerprint density at radius 2 is 1.52 bits per heavy atom. The van der Waals surface area contributed by atoms with Crippen LogP contribution in [0.15, 0.2) is 23.8 Å². The number of ether oxygens (including phenoxy) is 9. The van der Waals surface area contributed by atoms with Crippen molar-refractivity contribution in [3.8, 4) is 0 Å². The molecule has 0 radical (unpaired) electrons. The normalized spacial score (nSPS) is 44.6. The van der Waals surface area contributed by atoms with E-state index in [1.165, 1.54) is 27.2 Å². The minimum Gasteiger partial charge on any atom is -0.462 e. The highest BCUT2D eigenvalue weighted by molar-refractivity contribution is 5.91. The van der Waals surface area contributed by atoms with Gasteiger partial charge in [0.25, 0.3) is 0 Å². The number of likely N-dealkylation sites (N-methyl/N-ethyl adjacent to an activating group) is 1. The molecule has 4 aliphatic rings. The molecule has 0 saturated carbocycles. The first-order valence-corrected chi connectivity index (χ1v) is 22.7. The number of aliphatic hydroxyl groups excluding tert-OH is 4. The Morgan fingerprint density at radius 3 is 2.11 bits per heavy atom. The first-order valence-electron chi connectivity index (χ1n) is 22.7. The Morgan fingerprint density at radius 1 is 0.859 bits per heavy atom. The molecular weight excluding hydrogens is 838 g/mol. The zero-order chi connectivity index (χ0) is 47.8. The minimum atomic E-state index is -1.49. The summed E-state index contributed by atoms with van der Waals surface area (Å²) in [5.74, 6) is -3.59. The number of allylic oxidation sites excluding steroid dienone is 3. The van der Waals surface area contributed by atoms with Crippen LogP contribution in [0.25, 0.3) is 0 Å². The highest BCUT2D eigenvalue weighted by Gasteiger charge is 2.52. The number of aldehydes is 1. The number of nitrogens with zero attached hydrogens (tertiary/aromatic N) is 1. The zero-order valence-corrected chi connectivity index (χ0v) is 39.7. The second-order valence-electron chi connectivity index (χ2n) is 18.7. The summed E-state index contributed by atoms with van der Waals surface area (Å²) in [7, 11) is 6.43. The van der Waals surface area contributed by atoms with Gasteiger partial charge in [0.05, 0.1) is 55.2 Å². The number of ketones is 1. The number of carbonyl (C=O) groups is 3. The lowest BCUT2D eigenvalue weighted by atomic mass is 9.79. The third kappa shape index (κ3) is 13.5. The fraction of sp³-hybridized carbons (Fsp3) is 0.848. The number of methoxy groups -OCH3 is 2. The molecule has 4 aliphatic heterocycles. The van der Waals surface area contributed by atoms with Crippen molar-refractivity contribution in [3.05, 3.63) is 23.8 Å². The highest BCUT2D eigenvalue weighted by Crippen LogP contribution is 2.37. The predicted octanol–water partition coefficient (Wildman–Crippen LogP) is 1.83. The molecule has 368 valence electrons. The fourth-order valence-electron chi connectivity index (χ4n) is 9.51. The topological polar surface area (TPSA) is 239 Å². The standard InChI is InChI=1S/C46H77NO17/c1-13-33-30(22-58-45-42(57-12)41(56-11)37(52)26(5)60-45)18-23(2)14-15-31(49)24(3)19-29(16-17-48)39(25(4)32(50)20-34(51)62-33)64-44-38(53)36(47(9)10)40(27(6)61-44)63-35-21-46(8,55)43(54)28(7)59-35/h14-15,17-18,24-30,32-33,35-45,50,52-55H,13,16,19-22H2,1-12H3/t24-,25+,26-,27-,28+,29+,30-,32-,33-,35?,36-,37-,38-,39-,40-,41-,42-,43+,44?,45?,46-/m1/s1. The summed E-state index contributed by atoms with van der Waals surface area (Å²) in [5, 5.41) is 55.8. The van der Waals surface area contributed by atoms with Crippen LogP contribution in [-0.4, -0.2) is 187 Å². The Bertz CT molecular complexity index is 1560. The minimum absolute atomic E-state index is 0.00788. The Hall–Kier alpha value is -2.27. The summed E-state index contributed by atoms with van der Waals surface area (Å²) in [6, 6.07) is -0.748. The van der Waals surface area contributed by atoms with E-state index in [-0.39, 0.29) is 31.7 Å². The molecule has 0 aliphatic carbocycles. The van der Waals surface area contributed by atoms with Crippen molar-refractivity contribution in [3.63, 3.8) is 0 Å². The van der Waals surface area contributed by atoms with Crippen LogP contribution in [0.2, 0.25) is 0 Å². The quantitative estimate of drug-likeness (QED) is 0.131. The average Bonchev–Trinajstić information content (AvgIpc) is 3.23. The molecule has 18 heteroatoms. The van der Waals surface area contributed by atoms with Crippen molar-refractivity contribution >= 4 is 18.0 Å². The molecule has 3 fully saturated rings. The van der Waals surface area contributed by atoms with Gasteiger partial charge in [0.1, 0.15) is 49.0 Å². The van der Waals surface area contributed by atoms with Crippen molar-refractivity contribution in [2.24, 2.45) is 23.7 Å². The third-order valence-corrected chi connectivity index (χ3v) is 13.4. The van der Waals surface area contributed by atoms with E-state index >= 15 is 0 Å². The van der Waals surface area contributed by atoms with Gasteiger partial charge in [0.2, 0.25) is 0 Å². The van der Waals surface area contributed by atoms with Crippen LogP contribution in [0.5, 0.6) is 0 Å². The van der Waals surface area contributed by atoms with E-state index in [1.54, 1.807) is 59.7 Å². The monoisotopic (exact) mass is 916 g/mol. The van der Waals surface area contributed by atoms with E-state index in [0.717, 1.165) is 6.29 Å². The van der Waals surface area contributed by atoms with Crippen LogP contribution < -0.4 is 0 Å². The number of cyclic esters (lactones) is 1. The molecule has 5 N–H and O–H groups in total. The summed E-state index contributed by atoms with van der Waals surface area (Å²) in [5.41, 5.74) is -0.806. The van der Waals surface area contributed by atoms with E-state index in [4.69, 9.17) is 42.6 Å². The van der Waals surface area contributed by atoms with Gasteiger partial charge in [0, 0.05) is 44.8 Å². The van der Waals surface area contributed by atoms with E-state index in [9.17, 15) is 39.9 Å². The molecule has 4 rings (SSSR count). The van der Waals surface area contributed by atoms with Crippen LogP contribution >= 0.6 is 0 Å². The number of hydrogen-bond acceptors (Lipinski definition) is 18. The van der Waals surface area contributed by atoms with Gasteiger partial charge in [-0.15, -0.1) is 0 Å². The first-order chi connectivity index (χ1) is 30.1. The highest BCUT2D eigenvalue weighted by atomic mass is 16.7. The second kappa shape index (κ2) is 24.1. The molecule has 0 aromatic rings. The van der Waals surface area contributed by atoms with Gasteiger partial charge in [-0.1, -0.05) is 38.5 Å². The van der Waals surface area contributed by atoms with Gasteiger partial charge in [-0.05, 0) is 73.5 Å². The summed E-state index contributed by atoms with van der Waals surface area (Å²) in [4.78, 5) is 41.5. The number of esters is 1. The molecule has 0 bridgehead atoms. The maximum atomic E-state index is 13.8. The molecule has 18 nitrogen and oxygen atoms in total. The molecule has 21 atom stereocenters. The van der Waals surface area contributed by atoms with Gasteiger partial charge in [0.15, 0.2) is 24.7 Å². The average molecular weight is 916 g/mol. The summed E-state index contributed by atoms with van der Waals surface area (Å²) in [6.45, 7) is 13.6. The van der Waals surface area contributed by atoms with Crippen molar-refractivity contribution < 1.29 is 82.5 Å².